The molecule has 2 aromatic heterocycles. The van der Waals surface area contributed by atoms with Gasteiger partial charge in [-0.1, -0.05) is 30.3 Å². The number of rotatable bonds is 4. The fourth-order valence-corrected chi connectivity index (χ4v) is 4.46. The Balaban J connectivity index is 1.24. The Morgan fingerprint density at radius 2 is 2.07 bits per heavy atom. The topological polar surface area (TPSA) is 82.9 Å². The molecule has 8 nitrogen and oxygen atoms in total. The van der Waals surface area contributed by atoms with E-state index < -0.39 is 0 Å². The van der Waals surface area contributed by atoms with Crippen molar-refractivity contribution < 1.29 is 4.79 Å². The smallest absolute Gasteiger partial charge is 0.291 e. The summed E-state index contributed by atoms with van der Waals surface area (Å²) in [6.07, 6.45) is 3.83. The third kappa shape index (κ3) is 3.80. The lowest BCUT2D eigenvalue weighted by Gasteiger charge is -2.32. The predicted molar refractivity (Wildman–Crippen MR) is 107 cm³/mol. The van der Waals surface area contributed by atoms with E-state index in [1.54, 1.807) is 4.90 Å². The lowest BCUT2D eigenvalue weighted by atomic mass is 9.90. The van der Waals surface area contributed by atoms with Gasteiger partial charge in [0.15, 0.2) is 0 Å². The average Bonchev–Trinajstić information content (AvgIpc) is 3.43. The third-order valence-electron chi connectivity index (χ3n) is 5.92. The Kier molecular flexibility index (Phi) is 4.85. The first-order valence-corrected chi connectivity index (χ1v) is 10.2. The first-order valence-electron chi connectivity index (χ1n) is 10.2. The normalized spacial score (nSPS) is 19.9. The van der Waals surface area contributed by atoms with E-state index >= 15 is 0 Å². The molecular formula is C21H25N7O. The van der Waals surface area contributed by atoms with Gasteiger partial charge in [0.2, 0.25) is 5.82 Å². The summed E-state index contributed by atoms with van der Waals surface area (Å²) in [5.74, 6) is 0.772. The molecule has 5 rings (SSSR count). The van der Waals surface area contributed by atoms with Gasteiger partial charge in [0.05, 0.1) is 24.5 Å². The van der Waals surface area contributed by atoms with E-state index in [0.717, 1.165) is 31.0 Å². The van der Waals surface area contributed by atoms with Crippen LogP contribution in [0.25, 0.3) is 0 Å². The van der Waals surface area contributed by atoms with Crippen molar-refractivity contribution in [1.29, 1.82) is 0 Å². The van der Waals surface area contributed by atoms with Crippen LogP contribution in [0.5, 0.6) is 0 Å². The number of fused-ring (bicyclic) bond motifs is 1. The Labute approximate surface area is 169 Å². The highest BCUT2D eigenvalue weighted by Gasteiger charge is 2.26. The molecule has 1 saturated heterocycles. The highest BCUT2D eigenvalue weighted by molar-refractivity contribution is 5.90. The molecule has 0 spiro atoms. The summed E-state index contributed by atoms with van der Waals surface area (Å²) in [7, 11) is 0. The van der Waals surface area contributed by atoms with Gasteiger partial charge < -0.3 is 4.90 Å². The Morgan fingerprint density at radius 3 is 2.90 bits per heavy atom. The summed E-state index contributed by atoms with van der Waals surface area (Å²) in [5, 5.41) is 11.2. The van der Waals surface area contributed by atoms with Crippen LogP contribution < -0.4 is 0 Å². The summed E-state index contributed by atoms with van der Waals surface area (Å²) in [5.41, 5.74) is 3.60. The maximum absolute atomic E-state index is 12.5. The zero-order chi connectivity index (χ0) is 19.6. The molecule has 1 aromatic carbocycles. The van der Waals surface area contributed by atoms with Crippen molar-refractivity contribution >= 4 is 5.91 Å². The van der Waals surface area contributed by atoms with Gasteiger partial charge in [0.25, 0.3) is 5.91 Å². The highest BCUT2D eigenvalue weighted by atomic mass is 16.2. The predicted octanol–water partition coefficient (Wildman–Crippen LogP) is 2.04. The van der Waals surface area contributed by atoms with Gasteiger partial charge >= 0.3 is 0 Å². The molecule has 0 aliphatic carbocycles. The SMILES string of the molecule is O=C(c1ncn[nH]1)N1CCn2nc(CN3CCC[C@H](c4ccccc4)C3)cc2C1. The molecule has 0 radical (unpaired) electrons. The minimum atomic E-state index is -0.113. The van der Waals surface area contributed by atoms with E-state index in [2.05, 4.69) is 56.5 Å². The van der Waals surface area contributed by atoms with Crippen molar-refractivity contribution in [3.8, 4) is 0 Å². The molecule has 8 heteroatoms. The fourth-order valence-electron chi connectivity index (χ4n) is 4.46. The van der Waals surface area contributed by atoms with E-state index in [9.17, 15) is 4.79 Å². The van der Waals surface area contributed by atoms with Gasteiger partial charge in [0, 0.05) is 19.6 Å². The van der Waals surface area contributed by atoms with E-state index in [4.69, 9.17) is 5.10 Å². The van der Waals surface area contributed by atoms with Crippen molar-refractivity contribution in [1.82, 2.24) is 34.8 Å². The molecule has 29 heavy (non-hydrogen) atoms. The largest absolute Gasteiger partial charge is 0.328 e. The minimum absolute atomic E-state index is 0.113. The van der Waals surface area contributed by atoms with Crippen LogP contribution in [0.4, 0.5) is 0 Å². The number of carbonyl (C=O) groups is 1. The van der Waals surface area contributed by atoms with E-state index in [1.807, 2.05) is 4.68 Å². The molecule has 3 aromatic rings. The average molecular weight is 391 g/mol. The maximum Gasteiger partial charge on any atom is 0.291 e. The lowest BCUT2D eigenvalue weighted by molar-refractivity contribution is 0.0694. The Bertz CT molecular complexity index is 966. The second kappa shape index (κ2) is 7.79. The second-order valence-corrected chi connectivity index (χ2v) is 7.90. The van der Waals surface area contributed by atoms with Crippen molar-refractivity contribution in [2.45, 2.75) is 38.4 Å². The maximum atomic E-state index is 12.5. The number of aromatic nitrogens is 5. The molecule has 1 atom stereocenters. The van der Waals surface area contributed by atoms with Gasteiger partial charge in [-0.3, -0.25) is 19.5 Å². The van der Waals surface area contributed by atoms with Crippen molar-refractivity contribution in [3.63, 3.8) is 0 Å². The van der Waals surface area contributed by atoms with Gasteiger partial charge in [-0.15, -0.1) is 0 Å². The highest BCUT2D eigenvalue weighted by Crippen LogP contribution is 2.27. The van der Waals surface area contributed by atoms with Crippen LogP contribution in [0.15, 0.2) is 42.7 Å². The van der Waals surface area contributed by atoms with Crippen molar-refractivity contribution in [2.24, 2.45) is 0 Å². The number of hydrogen-bond acceptors (Lipinski definition) is 5. The number of benzene rings is 1. The van der Waals surface area contributed by atoms with Crippen LogP contribution in [-0.2, 0) is 19.6 Å². The first kappa shape index (κ1) is 18.1. The van der Waals surface area contributed by atoms with Crippen LogP contribution >= 0.6 is 0 Å². The van der Waals surface area contributed by atoms with Crippen LogP contribution in [-0.4, -0.2) is 60.3 Å². The Hall–Kier alpha value is -3.00. The van der Waals surface area contributed by atoms with E-state index in [0.29, 0.717) is 31.4 Å². The molecule has 4 heterocycles. The molecule has 0 bridgehead atoms. The second-order valence-electron chi connectivity index (χ2n) is 7.90. The molecule has 1 fully saturated rings. The summed E-state index contributed by atoms with van der Waals surface area (Å²) >= 11 is 0. The number of piperidine rings is 1. The van der Waals surface area contributed by atoms with Crippen LogP contribution in [0, 0.1) is 0 Å². The minimum Gasteiger partial charge on any atom is -0.328 e. The number of amides is 1. The van der Waals surface area contributed by atoms with Gasteiger partial charge in [-0.25, -0.2) is 4.98 Å². The molecular weight excluding hydrogens is 366 g/mol. The number of hydrogen-bond donors (Lipinski definition) is 1. The number of aromatic amines is 1. The van der Waals surface area contributed by atoms with Gasteiger partial charge in [-0.05, 0) is 36.9 Å². The van der Waals surface area contributed by atoms with Crippen LogP contribution in [0.2, 0.25) is 0 Å². The standard InChI is InChI=1S/C21H25N7O/c29-21(20-22-15-23-24-20)27-9-10-28-19(14-27)11-18(25-28)13-26-8-4-7-17(12-26)16-5-2-1-3-6-16/h1-3,5-6,11,15,17H,4,7-10,12-14H2,(H,22,23,24)/t17-/m0/s1. The number of H-pyrrole nitrogens is 1. The van der Waals surface area contributed by atoms with Gasteiger partial charge in [-0.2, -0.15) is 10.2 Å². The molecule has 2 aliphatic heterocycles. The Morgan fingerprint density at radius 1 is 1.17 bits per heavy atom. The zero-order valence-corrected chi connectivity index (χ0v) is 16.4. The third-order valence-corrected chi connectivity index (χ3v) is 5.92. The molecule has 150 valence electrons. The first-order chi connectivity index (χ1) is 14.3. The summed E-state index contributed by atoms with van der Waals surface area (Å²) in [6.45, 7) is 4.94. The zero-order valence-electron chi connectivity index (χ0n) is 16.4. The summed E-state index contributed by atoms with van der Waals surface area (Å²) < 4.78 is 2.04. The summed E-state index contributed by atoms with van der Waals surface area (Å²) in [6, 6.07) is 13.0. The van der Waals surface area contributed by atoms with Gasteiger partial charge in [0.1, 0.15) is 6.33 Å². The van der Waals surface area contributed by atoms with Crippen molar-refractivity contribution in [3.05, 3.63) is 65.5 Å². The van der Waals surface area contributed by atoms with Crippen LogP contribution in [0.1, 0.15) is 46.3 Å². The van der Waals surface area contributed by atoms with E-state index in [-0.39, 0.29) is 5.91 Å². The number of likely N-dealkylation sites (tertiary alicyclic amines) is 1. The number of nitrogens with zero attached hydrogens (tertiary/aromatic N) is 6. The molecule has 0 saturated carbocycles. The van der Waals surface area contributed by atoms with Crippen molar-refractivity contribution in [2.75, 3.05) is 19.6 Å². The monoisotopic (exact) mass is 391 g/mol. The molecule has 1 N–H and O–H groups in total. The fraction of sp³-hybridized carbons (Fsp3) is 0.429. The lowest BCUT2D eigenvalue weighted by Crippen LogP contribution is -2.38. The van der Waals surface area contributed by atoms with E-state index in [1.165, 1.54) is 24.7 Å². The summed E-state index contributed by atoms with van der Waals surface area (Å²) in [4.78, 5) is 20.8. The molecule has 0 unspecified atom stereocenters. The number of carbonyl (C=O) groups excluding carboxylic acids is 1. The van der Waals surface area contributed by atoms with Crippen LogP contribution in [0.3, 0.4) is 0 Å². The number of nitrogens with one attached hydrogen (secondary N) is 1. The molecule has 1 amide bonds. The quantitative estimate of drug-likeness (QED) is 0.736. The molecule has 2 aliphatic rings.